The zero-order chi connectivity index (χ0) is 15.4. The number of hydrogen-bond acceptors (Lipinski definition) is 2. The molecule has 1 aliphatic rings. The lowest BCUT2D eigenvalue weighted by Gasteiger charge is -2.22. The molecule has 0 fully saturated rings. The van der Waals surface area contributed by atoms with Crippen molar-refractivity contribution in [3.8, 4) is 0 Å². The van der Waals surface area contributed by atoms with Crippen LogP contribution in [0.3, 0.4) is 0 Å². The second-order valence-corrected chi connectivity index (χ2v) is 5.68. The molecule has 0 saturated carbocycles. The molecule has 0 spiro atoms. The zero-order valence-electron chi connectivity index (χ0n) is 12.9. The maximum absolute atomic E-state index is 12.2. The van der Waals surface area contributed by atoms with Gasteiger partial charge in [-0.05, 0) is 56.7 Å². The van der Waals surface area contributed by atoms with Crippen LogP contribution in [0.25, 0.3) is 0 Å². The Morgan fingerprint density at radius 3 is 2.71 bits per heavy atom. The summed E-state index contributed by atoms with van der Waals surface area (Å²) in [4.78, 5) is 12.2. The molecule has 2 rings (SSSR count). The summed E-state index contributed by atoms with van der Waals surface area (Å²) in [6, 6.07) is 7.51. The van der Waals surface area contributed by atoms with E-state index in [2.05, 4.69) is 23.2 Å². The minimum Gasteiger partial charge on any atom is -0.267 e. The highest BCUT2D eigenvalue weighted by Gasteiger charge is 2.19. The minimum absolute atomic E-state index is 0.161. The lowest BCUT2D eigenvalue weighted by Crippen LogP contribution is -2.23. The van der Waals surface area contributed by atoms with Gasteiger partial charge in [0.25, 0.3) is 5.91 Å². The Hall–Kier alpha value is -2.16. The molecule has 1 aromatic carbocycles. The predicted octanol–water partition coefficient (Wildman–Crippen LogP) is 4.01. The fourth-order valence-corrected chi connectivity index (χ4v) is 2.43. The van der Waals surface area contributed by atoms with E-state index in [1.54, 1.807) is 0 Å². The quantitative estimate of drug-likeness (QED) is 0.660. The number of amides is 1. The number of hydrogen-bond donors (Lipinski definition) is 1. The predicted molar refractivity (Wildman–Crippen MR) is 87.4 cm³/mol. The van der Waals surface area contributed by atoms with E-state index in [-0.39, 0.29) is 5.91 Å². The number of hydrazone groups is 1. The summed E-state index contributed by atoms with van der Waals surface area (Å²) in [5, 5.41) is 4.32. The van der Waals surface area contributed by atoms with Crippen molar-refractivity contribution in [1.29, 1.82) is 0 Å². The van der Waals surface area contributed by atoms with Gasteiger partial charge in [0.05, 0.1) is 5.71 Å². The van der Waals surface area contributed by atoms with Crippen molar-refractivity contribution >= 4 is 11.6 Å². The number of nitrogens with one attached hydrogen (secondary N) is 1. The molecule has 3 heteroatoms. The Morgan fingerprint density at radius 2 is 2.05 bits per heavy atom. The van der Waals surface area contributed by atoms with E-state index in [0.717, 1.165) is 35.3 Å². The number of benzene rings is 1. The third kappa shape index (κ3) is 3.69. The van der Waals surface area contributed by atoms with Crippen LogP contribution in [0.2, 0.25) is 0 Å². The van der Waals surface area contributed by atoms with E-state index in [1.165, 1.54) is 0 Å². The Bertz CT molecular complexity index is 626. The number of nitrogens with zero attached hydrogens (tertiary/aromatic N) is 1. The highest BCUT2D eigenvalue weighted by atomic mass is 16.2. The number of carbonyl (C=O) groups is 1. The van der Waals surface area contributed by atoms with Gasteiger partial charge in [-0.2, -0.15) is 5.10 Å². The van der Waals surface area contributed by atoms with Crippen molar-refractivity contribution in [2.45, 2.75) is 33.6 Å². The van der Waals surface area contributed by atoms with Crippen LogP contribution in [0.5, 0.6) is 0 Å². The molecule has 1 aromatic rings. The summed E-state index contributed by atoms with van der Waals surface area (Å²) < 4.78 is 0. The molecule has 0 heterocycles. The molecule has 0 aliphatic heterocycles. The van der Waals surface area contributed by atoms with Crippen LogP contribution in [0.15, 0.2) is 53.2 Å². The molecule has 0 bridgehead atoms. The number of allylic oxidation sites excluding steroid dienone is 3. The summed E-state index contributed by atoms with van der Waals surface area (Å²) in [6.07, 6.45) is 4.01. The average Bonchev–Trinajstić information content (AvgIpc) is 2.46. The van der Waals surface area contributed by atoms with E-state index < -0.39 is 0 Å². The van der Waals surface area contributed by atoms with Crippen LogP contribution in [0.1, 0.15) is 42.6 Å². The molecule has 0 saturated heterocycles. The van der Waals surface area contributed by atoms with Crippen molar-refractivity contribution in [1.82, 2.24) is 5.43 Å². The van der Waals surface area contributed by atoms with E-state index in [0.29, 0.717) is 11.5 Å². The van der Waals surface area contributed by atoms with E-state index in [9.17, 15) is 4.79 Å². The van der Waals surface area contributed by atoms with Crippen LogP contribution >= 0.6 is 0 Å². The standard InChI is InChI=1S/C18H22N2O/c1-12(2)15-10-9-14(4)17(11-15)19-20-18(21)16-8-6-5-7-13(16)3/h5-9,15H,1,10-11H2,2-4H3,(H,20,21)/b19-17-/t15-/m1/s1. The summed E-state index contributed by atoms with van der Waals surface area (Å²) in [5.74, 6) is 0.258. The van der Waals surface area contributed by atoms with Gasteiger partial charge >= 0.3 is 0 Å². The van der Waals surface area contributed by atoms with Gasteiger partial charge < -0.3 is 0 Å². The molecule has 0 radical (unpaired) electrons. The van der Waals surface area contributed by atoms with Gasteiger partial charge in [0.1, 0.15) is 0 Å². The first-order valence-electron chi connectivity index (χ1n) is 7.24. The Morgan fingerprint density at radius 1 is 1.33 bits per heavy atom. The maximum Gasteiger partial charge on any atom is 0.271 e. The highest BCUT2D eigenvalue weighted by molar-refractivity contribution is 6.02. The number of aryl methyl sites for hydroxylation is 1. The number of carbonyl (C=O) groups excluding carboxylic acids is 1. The van der Waals surface area contributed by atoms with Gasteiger partial charge in [-0.1, -0.05) is 36.4 Å². The topological polar surface area (TPSA) is 41.5 Å². The van der Waals surface area contributed by atoms with Gasteiger partial charge in [-0.15, -0.1) is 0 Å². The summed E-state index contributed by atoms with van der Waals surface area (Å²) in [6.45, 7) is 10.0. The summed E-state index contributed by atoms with van der Waals surface area (Å²) in [5.41, 5.74) is 7.53. The largest absolute Gasteiger partial charge is 0.271 e. The molecule has 1 aliphatic carbocycles. The van der Waals surface area contributed by atoms with E-state index in [1.807, 2.05) is 45.0 Å². The SMILES string of the molecule is C=C(C)[C@@H]1CC=C(C)/C(=N\NC(=O)c2ccccc2C)C1. The first-order chi connectivity index (χ1) is 9.99. The van der Waals surface area contributed by atoms with E-state index in [4.69, 9.17) is 0 Å². The lowest BCUT2D eigenvalue weighted by molar-refractivity contribution is 0.0954. The Kier molecular flexibility index (Phi) is 4.73. The first kappa shape index (κ1) is 15.2. The van der Waals surface area contributed by atoms with Crippen LogP contribution in [-0.4, -0.2) is 11.6 Å². The van der Waals surface area contributed by atoms with Gasteiger partial charge in [0, 0.05) is 5.56 Å². The molecule has 1 atom stereocenters. The van der Waals surface area contributed by atoms with Crippen molar-refractivity contribution in [2.75, 3.05) is 0 Å². The molecule has 0 unspecified atom stereocenters. The third-order valence-electron chi connectivity index (χ3n) is 3.98. The molecular weight excluding hydrogens is 260 g/mol. The Labute approximate surface area is 126 Å². The normalized spacial score (nSPS) is 20.0. The Balaban J connectivity index is 2.12. The van der Waals surface area contributed by atoms with Crippen LogP contribution < -0.4 is 5.43 Å². The van der Waals surface area contributed by atoms with Gasteiger partial charge in [0.2, 0.25) is 0 Å². The second kappa shape index (κ2) is 6.53. The van der Waals surface area contributed by atoms with Gasteiger partial charge in [0.15, 0.2) is 0 Å². The molecule has 3 nitrogen and oxygen atoms in total. The average molecular weight is 282 g/mol. The minimum atomic E-state index is -0.161. The van der Waals surface area contributed by atoms with Crippen LogP contribution in [-0.2, 0) is 0 Å². The van der Waals surface area contributed by atoms with Crippen molar-refractivity contribution in [3.63, 3.8) is 0 Å². The van der Waals surface area contributed by atoms with E-state index >= 15 is 0 Å². The fourth-order valence-electron chi connectivity index (χ4n) is 2.43. The second-order valence-electron chi connectivity index (χ2n) is 5.68. The molecule has 0 aromatic heterocycles. The van der Waals surface area contributed by atoms with Crippen LogP contribution in [0.4, 0.5) is 0 Å². The summed E-state index contributed by atoms with van der Waals surface area (Å²) >= 11 is 0. The number of rotatable bonds is 3. The van der Waals surface area contributed by atoms with Crippen molar-refractivity contribution in [2.24, 2.45) is 11.0 Å². The van der Waals surface area contributed by atoms with Gasteiger partial charge in [-0.25, -0.2) is 5.43 Å². The monoisotopic (exact) mass is 282 g/mol. The van der Waals surface area contributed by atoms with Crippen molar-refractivity contribution < 1.29 is 4.79 Å². The third-order valence-corrected chi connectivity index (χ3v) is 3.98. The maximum atomic E-state index is 12.2. The highest BCUT2D eigenvalue weighted by Crippen LogP contribution is 2.26. The fraction of sp³-hybridized carbons (Fsp3) is 0.333. The molecule has 110 valence electrons. The smallest absolute Gasteiger partial charge is 0.267 e. The molecule has 1 N–H and O–H groups in total. The zero-order valence-corrected chi connectivity index (χ0v) is 12.9. The molecule has 1 amide bonds. The van der Waals surface area contributed by atoms with Gasteiger partial charge in [-0.3, -0.25) is 4.79 Å². The lowest BCUT2D eigenvalue weighted by atomic mass is 9.85. The van der Waals surface area contributed by atoms with Crippen molar-refractivity contribution in [3.05, 3.63) is 59.2 Å². The summed E-state index contributed by atoms with van der Waals surface area (Å²) in [7, 11) is 0. The molecular formula is C18H22N2O. The molecule has 21 heavy (non-hydrogen) atoms. The van der Waals surface area contributed by atoms with Crippen LogP contribution in [0, 0.1) is 12.8 Å². The first-order valence-corrected chi connectivity index (χ1v) is 7.24.